The highest BCUT2D eigenvalue weighted by atomic mass is 32.2. The first-order valence-corrected chi connectivity index (χ1v) is 9.17. The van der Waals surface area contributed by atoms with Crippen LogP contribution in [-0.4, -0.2) is 34.1 Å². The zero-order valence-electron chi connectivity index (χ0n) is 13.6. The molecule has 21 heavy (non-hydrogen) atoms. The average molecular weight is 313 g/mol. The predicted octanol–water partition coefficient (Wildman–Crippen LogP) is 2.73. The number of methoxy groups -OCH3 is 1. The van der Waals surface area contributed by atoms with Crippen LogP contribution in [-0.2, 0) is 9.84 Å². The molecule has 0 aromatic heterocycles. The van der Waals surface area contributed by atoms with Gasteiger partial charge in [-0.3, -0.25) is 0 Å². The maximum atomic E-state index is 12.3. The minimum atomic E-state index is -3.11. The number of rotatable bonds is 8. The van der Waals surface area contributed by atoms with E-state index in [-0.39, 0.29) is 23.5 Å². The van der Waals surface area contributed by atoms with Gasteiger partial charge < -0.3 is 10.1 Å². The fraction of sp³-hybridized carbons (Fsp3) is 0.625. The average Bonchev–Trinajstić information content (AvgIpc) is 2.44. The Bertz CT molecular complexity index is 555. The summed E-state index contributed by atoms with van der Waals surface area (Å²) >= 11 is 0. The topological polar surface area (TPSA) is 55.4 Å². The van der Waals surface area contributed by atoms with E-state index in [0.717, 1.165) is 23.3 Å². The van der Waals surface area contributed by atoms with Gasteiger partial charge in [0.05, 0.1) is 18.6 Å². The fourth-order valence-electron chi connectivity index (χ4n) is 2.33. The van der Waals surface area contributed by atoms with Crippen molar-refractivity contribution in [2.24, 2.45) is 5.92 Å². The SMILES string of the molecule is CCC(C)CS(=O)(=O)CC(NC)c1cc(C)ccc1OC. The summed E-state index contributed by atoms with van der Waals surface area (Å²) in [5.74, 6) is 1.23. The lowest BCUT2D eigenvalue weighted by atomic mass is 10.0. The summed E-state index contributed by atoms with van der Waals surface area (Å²) in [6, 6.07) is 5.58. The number of benzene rings is 1. The Morgan fingerprint density at radius 1 is 1.29 bits per heavy atom. The smallest absolute Gasteiger partial charge is 0.152 e. The van der Waals surface area contributed by atoms with E-state index in [2.05, 4.69) is 5.32 Å². The van der Waals surface area contributed by atoms with Gasteiger partial charge in [0.2, 0.25) is 0 Å². The zero-order valence-corrected chi connectivity index (χ0v) is 14.5. The maximum absolute atomic E-state index is 12.3. The first-order chi connectivity index (χ1) is 9.82. The van der Waals surface area contributed by atoms with Crippen molar-refractivity contribution in [3.8, 4) is 5.75 Å². The first-order valence-electron chi connectivity index (χ1n) is 7.35. The summed E-state index contributed by atoms with van der Waals surface area (Å²) in [5.41, 5.74) is 1.98. The predicted molar refractivity (Wildman–Crippen MR) is 87.6 cm³/mol. The molecule has 1 aromatic rings. The van der Waals surface area contributed by atoms with Crippen LogP contribution in [0.2, 0.25) is 0 Å². The molecular weight excluding hydrogens is 286 g/mol. The van der Waals surface area contributed by atoms with Gasteiger partial charge in [-0.1, -0.05) is 38.0 Å². The van der Waals surface area contributed by atoms with E-state index in [1.165, 1.54) is 0 Å². The van der Waals surface area contributed by atoms with Crippen LogP contribution in [0, 0.1) is 12.8 Å². The van der Waals surface area contributed by atoms with E-state index >= 15 is 0 Å². The van der Waals surface area contributed by atoms with E-state index in [4.69, 9.17) is 4.74 Å². The molecule has 2 unspecified atom stereocenters. The van der Waals surface area contributed by atoms with Crippen LogP contribution in [0.25, 0.3) is 0 Å². The molecule has 0 radical (unpaired) electrons. The Labute approximate surface area is 128 Å². The standard InChI is InChI=1S/C16H27NO3S/c1-6-12(2)10-21(18,19)11-15(17-4)14-9-13(3)7-8-16(14)20-5/h7-9,12,15,17H,6,10-11H2,1-5H3. The van der Waals surface area contributed by atoms with Crippen LogP contribution in [0.1, 0.15) is 37.4 Å². The Kier molecular flexibility index (Phi) is 6.68. The monoisotopic (exact) mass is 313 g/mol. The molecule has 0 aliphatic carbocycles. The molecule has 0 fully saturated rings. The molecule has 120 valence electrons. The second kappa shape index (κ2) is 7.80. The molecule has 4 nitrogen and oxygen atoms in total. The van der Waals surface area contributed by atoms with E-state index in [0.29, 0.717) is 0 Å². The fourth-order valence-corrected chi connectivity index (χ4v) is 4.42. The summed E-state index contributed by atoms with van der Waals surface area (Å²) in [4.78, 5) is 0. The second-order valence-corrected chi connectivity index (χ2v) is 7.83. The van der Waals surface area contributed by atoms with E-state index in [9.17, 15) is 8.42 Å². The molecule has 1 N–H and O–H groups in total. The molecular formula is C16H27NO3S. The van der Waals surface area contributed by atoms with Crippen molar-refractivity contribution in [1.29, 1.82) is 0 Å². The van der Waals surface area contributed by atoms with Crippen molar-refractivity contribution in [1.82, 2.24) is 5.32 Å². The van der Waals surface area contributed by atoms with Crippen LogP contribution in [0.5, 0.6) is 5.75 Å². The van der Waals surface area contributed by atoms with Gasteiger partial charge in [0, 0.05) is 11.6 Å². The molecule has 1 aromatic carbocycles. The molecule has 1 rings (SSSR count). The molecule has 0 aliphatic rings. The summed E-state index contributed by atoms with van der Waals surface area (Å²) in [6.45, 7) is 5.97. The molecule has 0 amide bonds. The molecule has 2 atom stereocenters. The Morgan fingerprint density at radius 2 is 1.95 bits per heavy atom. The third kappa shape index (κ3) is 5.32. The number of aryl methyl sites for hydroxylation is 1. The minimum Gasteiger partial charge on any atom is -0.496 e. The lowest BCUT2D eigenvalue weighted by molar-refractivity contribution is 0.403. The number of sulfone groups is 1. The van der Waals surface area contributed by atoms with E-state index < -0.39 is 9.84 Å². The van der Waals surface area contributed by atoms with Crippen molar-refractivity contribution < 1.29 is 13.2 Å². The van der Waals surface area contributed by atoms with Gasteiger partial charge in [-0.2, -0.15) is 0 Å². The van der Waals surface area contributed by atoms with Gasteiger partial charge in [0.15, 0.2) is 9.84 Å². The molecule has 0 heterocycles. The maximum Gasteiger partial charge on any atom is 0.152 e. The van der Waals surface area contributed by atoms with Crippen LogP contribution < -0.4 is 10.1 Å². The quantitative estimate of drug-likeness (QED) is 0.802. The van der Waals surface area contributed by atoms with E-state index in [1.807, 2.05) is 39.0 Å². The van der Waals surface area contributed by atoms with Crippen LogP contribution in [0.15, 0.2) is 18.2 Å². The van der Waals surface area contributed by atoms with Gasteiger partial charge in [0.1, 0.15) is 5.75 Å². The third-order valence-electron chi connectivity index (χ3n) is 3.77. The second-order valence-electron chi connectivity index (χ2n) is 5.68. The van der Waals surface area contributed by atoms with Crippen molar-refractivity contribution in [3.63, 3.8) is 0 Å². The van der Waals surface area contributed by atoms with E-state index in [1.54, 1.807) is 14.2 Å². The molecule has 5 heteroatoms. The van der Waals surface area contributed by atoms with Gasteiger partial charge in [-0.15, -0.1) is 0 Å². The number of hydrogen-bond acceptors (Lipinski definition) is 4. The van der Waals surface area contributed by atoms with Crippen LogP contribution >= 0.6 is 0 Å². The normalized spacial score (nSPS) is 14.7. The molecule has 0 saturated carbocycles. The summed E-state index contributed by atoms with van der Waals surface area (Å²) in [5, 5.41) is 3.11. The Hall–Kier alpha value is -1.07. The molecule has 0 spiro atoms. The van der Waals surface area contributed by atoms with Crippen LogP contribution in [0.4, 0.5) is 0 Å². The summed E-state index contributed by atoms with van der Waals surface area (Å²) in [7, 11) is 0.280. The Balaban J connectivity index is 3.01. The lowest BCUT2D eigenvalue weighted by Gasteiger charge is -2.21. The van der Waals surface area contributed by atoms with Crippen LogP contribution in [0.3, 0.4) is 0 Å². The lowest BCUT2D eigenvalue weighted by Crippen LogP contribution is -2.28. The molecule has 0 bridgehead atoms. The van der Waals surface area contributed by atoms with Crippen molar-refractivity contribution in [3.05, 3.63) is 29.3 Å². The zero-order chi connectivity index (χ0) is 16.0. The van der Waals surface area contributed by atoms with Crippen molar-refractivity contribution >= 4 is 9.84 Å². The molecule has 0 saturated heterocycles. The summed E-state index contributed by atoms with van der Waals surface area (Å²) < 4.78 is 30.1. The highest BCUT2D eigenvalue weighted by molar-refractivity contribution is 7.91. The number of hydrogen-bond donors (Lipinski definition) is 1. The minimum absolute atomic E-state index is 0.0909. The van der Waals surface area contributed by atoms with Gasteiger partial charge in [-0.25, -0.2) is 8.42 Å². The molecule has 0 aliphatic heterocycles. The Morgan fingerprint density at radius 3 is 2.48 bits per heavy atom. The van der Waals surface area contributed by atoms with Crippen molar-refractivity contribution in [2.75, 3.05) is 25.7 Å². The van der Waals surface area contributed by atoms with Crippen molar-refractivity contribution in [2.45, 2.75) is 33.2 Å². The third-order valence-corrected chi connectivity index (χ3v) is 5.68. The largest absolute Gasteiger partial charge is 0.496 e. The van der Waals surface area contributed by atoms with Gasteiger partial charge in [-0.05, 0) is 26.0 Å². The number of ether oxygens (including phenoxy) is 1. The highest BCUT2D eigenvalue weighted by Gasteiger charge is 2.23. The summed E-state index contributed by atoms with van der Waals surface area (Å²) in [6.07, 6.45) is 0.872. The highest BCUT2D eigenvalue weighted by Crippen LogP contribution is 2.27. The number of nitrogens with one attached hydrogen (secondary N) is 1. The first kappa shape index (κ1) is 18.0. The van der Waals surface area contributed by atoms with Gasteiger partial charge >= 0.3 is 0 Å². The van der Waals surface area contributed by atoms with Gasteiger partial charge in [0.25, 0.3) is 0 Å².